The van der Waals surface area contributed by atoms with Crippen LogP contribution in [0.25, 0.3) is 0 Å². The molecule has 0 atom stereocenters. The summed E-state index contributed by atoms with van der Waals surface area (Å²) >= 11 is 0. The van der Waals surface area contributed by atoms with E-state index in [0.717, 1.165) is 30.9 Å². The van der Waals surface area contributed by atoms with Gasteiger partial charge in [0.2, 0.25) is 5.91 Å². The summed E-state index contributed by atoms with van der Waals surface area (Å²) in [5, 5.41) is 1.48. The van der Waals surface area contributed by atoms with Gasteiger partial charge in [-0.3, -0.25) is 19.9 Å². The summed E-state index contributed by atoms with van der Waals surface area (Å²) in [6.07, 6.45) is 1.92. The Morgan fingerprint density at radius 3 is 2.40 bits per heavy atom. The number of piperazine rings is 1. The van der Waals surface area contributed by atoms with Gasteiger partial charge in [0, 0.05) is 39.1 Å². The molecule has 0 aromatic heterocycles. The van der Waals surface area contributed by atoms with Crippen LogP contribution >= 0.6 is 0 Å². The average Bonchev–Trinajstić information content (AvgIpc) is 2.76. The van der Waals surface area contributed by atoms with Crippen LogP contribution in [0.5, 0.6) is 0 Å². The van der Waals surface area contributed by atoms with Gasteiger partial charge in [0.15, 0.2) is 0 Å². The van der Waals surface area contributed by atoms with E-state index in [4.69, 9.17) is 0 Å². The number of nitrogens with zero attached hydrogens (tertiary/aromatic N) is 3. The molecule has 2 aliphatic rings. The first kappa shape index (κ1) is 20.2. The van der Waals surface area contributed by atoms with Crippen LogP contribution in [0, 0.1) is 13.8 Å². The van der Waals surface area contributed by atoms with Crippen molar-refractivity contribution in [3.05, 3.63) is 77.0 Å². The largest absolute Gasteiger partial charge is 0.335 e. The zero-order chi connectivity index (χ0) is 21.1. The van der Waals surface area contributed by atoms with E-state index in [1.807, 2.05) is 36.1 Å². The van der Waals surface area contributed by atoms with E-state index in [1.54, 1.807) is 6.08 Å². The fourth-order valence-electron chi connectivity index (χ4n) is 3.85. The Hall–Kier alpha value is -3.12. The maximum Gasteiger partial charge on any atom is 0.271 e. The van der Waals surface area contributed by atoms with Gasteiger partial charge >= 0.3 is 0 Å². The number of hydrogen-bond acceptors (Lipinski definition) is 4. The van der Waals surface area contributed by atoms with Crippen LogP contribution in [0.15, 0.2) is 60.3 Å². The molecule has 1 N–H and O–H groups in total. The highest BCUT2D eigenvalue weighted by atomic mass is 16.2. The van der Waals surface area contributed by atoms with Crippen molar-refractivity contribution in [1.29, 1.82) is 0 Å². The van der Waals surface area contributed by atoms with Crippen molar-refractivity contribution < 1.29 is 9.59 Å². The Balaban J connectivity index is 1.35. The van der Waals surface area contributed by atoms with Crippen LogP contribution in [0.3, 0.4) is 0 Å². The monoisotopic (exact) mass is 404 g/mol. The third-order valence-electron chi connectivity index (χ3n) is 5.64. The average molecular weight is 405 g/mol. The Morgan fingerprint density at radius 1 is 0.967 bits per heavy atom. The molecule has 6 heteroatoms. The van der Waals surface area contributed by atoms with Gasteiger partial charge in [-0.05, 0) is 43.2 Å². The van der Waals surface area contributed by atoms with Crippen LogP contribution in [-0.4, -0.2) is 47.8 Å². The maximum atomic E-state index is 13.0. The van der Waals surface area contributed by atoms with Crippen molar-refractivity contribution in [2.75, 3.05) is 31.2 Å². The smallest absolute Gasteiger partial charge is 0.271 e. The van der Waals surface area contributed by atoms with Crippen molar-refractivity contribution >= 4 is 17.5 Å². The van der Waals surface area contributed by atoms with Crippen molar-refractivity contribution in [2.24, 2.45) is 0 Å². The molecule has 0 bridgehead atoms. The van der Waals surface area contributed by atoms with Gasteiger partial charge < -0.3 is 4.90 Å². The third kappa shape index (κ3) is 4.54. The number of rotatable bonds is 4. The van der Waals surface area contributed by atoms with Gasteiger partial charge in [0.05, 0.1) is 5.69 Å². The maximum absolute atomic E-state index is 13.0. The zero-order valence-electron chi connectivity index (χ0n) is 17.6. The van der Waals surface area contributed by atoms with Gasteiger partial charge in [0.1, 0.15) is 5.70 Å². The van der Waals surface area contributed by atoms with Crippen molar-refractivity contribution in [1.82, 2.24) is 15.2 Å². The van der Waals surface area contributed by atoms with Gasteiger partial charge in [0.25, 0.3) is 5.91 Å². The molecular formula is C24H28N4O2. The second-order valence-electron chi connectivity index (χ2n) is 8.06. The second kappa shape index (κ2) is 8.71. The Labute approximate surface area is 177 Å². The van der Waals surface area contributed by atoms with E-state index >= 15 is 0 Å². The lowest BCUT2D eigenvalue weighted by atomic mass is 10.1. The van der Waals surface area contributed by atoms with E-state index in [9.17, 15) is 9.59 Å². The van der Waals surface area contributed by atoms with E-state index in [-0.39, 0.29) is 18.2 Å². The first-order chi connectivity index (χ1) is 14.5. The van der Waals surface area contributed by atoms with Gasteiger partial charge in [-0.2, -0.15) is 0 Å². The molecule has 30 heavy (non-hydrogen) atoms. The van der Waals surface area contributed by atoms with Crippen molar-refractivity contribution in [3.63, 3.8) is 0 Å². The Morgan fingerprint density at radius 2 is 1.70 bits per heavy atom. The molecule has 0 radical (unpaired) electrons. The highest BCUT2D eigenvalue weighted by molar-refractivity contribution is 6.01. The molecule has 0 spiro atoms. The molecule has 2 aliphatic heterocycles. The SMILES string of the molecule is Cc1ccc(CN2CCN(C(=O)C3=CCC(=O)N(c4cccc(C)c4)N3)CC2)cc1. The molecule has 2 aromatic rings. The van der Waals surface area contributed by atoms with Gasteiger partial charge in [-0.1, -0.05) is 42.0 Å². The van der Waals surface area contributed by atoms with Crippen molar-refractivity contribution in [3.8, 4) is 0 Å². The Bertz CT molecular complexity index is 959. The molecule has 0 unspecified atom stereocenters. The van der Waals surface area contributed by atoms with Crippen LogP contribution in [-0.2, 0) is 16.1 Å². The van der Waals surface area contributed by atoms with Crippen LogP contribution < -0.4 is 10.4 Å². The number of amides is 2. The zero-order valence-corrected chi connectivity index (χ0v) is 17.6. The predicted molar refractivity (Wildman–Crippen MR) is 118 cm³/mol. The standard InChI is InChI=1S/C24H28N4O2/c1-18-6-8-20(9-7-18)17-26-12-14-27(15-13-26)24(30)22-10-11-23(29)28(25-22)21-5-3-4-19(2)16-21/h3-10,16,25H,11-15,17H2,1-2H3. The minimum absolute atomic E-state index is 0.0462. The molecule has 0 saturated carbocycles. The summed E-state index contributed by atoms with van der Waals surface area (Å²) in [4.78, 5) is 29.7. The lowest BCUT2D eigenvalue weighted by Crippen LogP contribution is -2.53. The fraction of sp³-hybridized carbons (Fsp3) is 0.333. The summed E-state index contributed by atoms with van der Waals surface area (Å²) < 4.78 is 0. The summed E-state index contributed by atoms with van der Waals surface area (Å²) in [5.41, 5.74) is 7.89. The van der Waals surface area contributed by atoms with E-state index < -0.39 is 0 Å². The highest BCUT2D eigenvalue weighted by Crippen LogP contribution is 2.20. The molecular weight excluding hydrogens is 376 g/mol. The van der Waals surface area contributed by atoms with Gasteiger partial charge in [-0.15, -0.1) is 0 Å². The topological polar surface area (TPSA) is 55.9 Å². The first-order valence-corrected chi connectivity index (χ1v) is 10.4. The van der Waals surface area contributed by atoms with Crippen molar-refractivity contribution in [2.45, 2.75) is 26.8 Å². The molecule has 6 nitrogen and oxygen atoms in total. The normalized spacial score (nSPS) is 17.5. The number of hydrazine groups is 1. The predicted octanol–water partition coefficient (Wildman–Crippen LogP) is 2.77. The molecule has 2 amide bonds. The van der Waals surface area contributed by atoms with Crippen LogP contribution in [0.2, 0.25) is 0 Å². The number of nitrogens with one attached hydrogen (secondary N) is 1. The van der Waals surface area contributed by atoms with E-state index in [0.29, 0.717) is 18.8 Å². The summed E-state index contributed by atoms with van der Waals surface area (Å²) in [6.45, 7) is 8.02. The molecule has 1 fully saturated rings. The fourth-order valence-corrected chi connectivity index (χ4v) is 3.85. The molecule has 0 aliphatic carbocycles. The minimum atomic E-state index is -0.0694. The van der Waals surface area contributed by atoms with Crippen LogP contribution in [0.1, 0.15) is 23.1 Å². The number of carbonyl (C=O) groups excluding carboxylic acids is 2. The summed E-state index contributed by atoms with van der Waals surface area (Å²) in [7, 11) is 0. The lowest BCUT2D eigenvalue weighted by Gasteiger charge is -2.36. The molecule has 1 saturated heterocycles. The van der Waals surface area contributed by atoms with Gasteiger partial charge in [-0.25, -0.2) is 5.01 Å². The Kier molecular flexibility index (Phi) is 5.86. The number of benzene rings is 2. The van der Waals surface area contributed by atoms with E-state index in [1.165, 1.54) is 16.1 Å². The third-order valence-corrected chi connectivity index (χ3v) is 5.64. The van der Waals surface area contributed by atoms with E-state index in [2.05, 4.69) is 41.5 Å². The lowest BCUT2D eigenvalue weighted by molar-refractivity contribution is -0.129. The first-order valence-electron chi connectivity index (χ1n) is 10.4. The number of aryl methyl sites for hydroxylation is 2. The molecule has 156 valence electrons. The number of anilines is 1. The second-order valence-corrected chi connectivity index (χ2v) is 8.06. The molecule has 2 heterocycles. The summed E-state index contributed by atoms with van der Waals surface area (Å²) in [5.74, 6) is -0.116. The summed E-state index contributed by atoms with van der Waals surface area (Å²) in [6, 6.07) is 16.3. The van der Waals surface area contributed by atoms with Crippen LogP contribution in [0.4, 0.5) is 5.69 Å². The number of carbonyl (C=O) groups is 2. The molecule has 2 aromatic carbocycles. The molecule has 4 rings (SSSR count). The highest BCUT2D eigenvalue weighted by Gasteiger charge is 2.29. The minimum Gasteiger partial charge on any atom is -0.335 e. The quantitative estimate of drug-likeness (QED) is 0.852. The number of hydrogen-bond donors (Lipinski definition) is 1.